The molecule has 3 heterocycles. The number of aromatic nitrogens is 1. The minimum Gasteiger partial charge on any atom is -0.356 e. The van der Waals surface area contributed by atoms with Crippen molar-refractivity contribution in [2.24, 2.45) is 0 Å². The van der Waals surface area contributed by atoms with Gasteiger partial charge in [0.05, 0.1) is 11.7 Å². The molecule has 2 aliphatic rings. The van der Waals surface area contributed by atoms with E-state index in [9.17, 15) is 9.18 Å². The third-order valence-electron chi connectivity index (χ3n) is 6.28. The maximum absolute atomic E-state index is 14.0. The number of aromatic amines is 1. The second-order valence-electron chi connectivity index (χ2n) is 8.08. The molecule has 7 heteroatoms. The van der Waals surface area contributed by atoms with Crippen molar-refractivity contribution in [3.05, 3.63) is 100 Å². The van der Waals surface area contributed by atoms with Crippen molar-refractivity contribution in [3.63, 3.8) is 0 Å². The molecule has 0 bridgehead atoms. The fourth-order valence-electron chi connectivity index (χ4n) is 4.95. The number of nitrogens with one attached hydrogen (secondary N) is 1. The Morgan fingerprint density at radius 2 is 1.84 bits per heavy atom. The molecule has 32 heavy (non-hydrogen) atoms. The molecule has 2 unspecified atom stereocenters. The molecule has 2 atom stereocenters. The van der Waals surface area contributed by atoms with Gasteiger partial charge in [-0.25, -0.2) is 4.39 Å². The van der Waals surface area contributed by atoms with E-state index in [0.29, 0.717) is 22.2 Å². The standard InChI is InChI=1S/C25H17ClFN3OS/c26-15-6-3-5-14(11-15)23-22-19(18-9-1-2-10-20(18)28-22)13-21-24(31)29(25(32)30(21)23)17-8-4-7-16(27)12-17/h1-12,21,23,28H,13H2. The van der Waals surface area contributed by atoms with Crippen LogP contribution in [0, 0.1) is 5.82 Å². The van der Waals surface area contributed by atoms with Gasteiger partial charge in [-0.15, -0.1) is 0 Å². The first-order chi connectivity index (χ1) is 15.5. The van der Waals surface area contributed by atoms with Crippen LogP contribution in [-0.4, -0.2) is 26.9 Å². The zero-order valence-electron chi connectivity index (χ0n) is 16.8. The fourth-order valence-corrected chi connectivity index (χ4v) is 5.58. The number of fused-ring (bicyclic) bond motifs is 4. The fraction of sp³-hybridized carbons (Fsp3) is 0.120. The summed E-state index contributed by atoms with van der Waals surface area (Å²) in [6.07, 6.45) is 0.515. The van der Waals surface area contributed by atoms with Gasteiger partial charge in [0.15, 0.2) is 5.11 Å². The maximum Gasteiger partial charge on any atom is 0.256 e. The number of para-hydroxylation sites is 1. The predicted molar refractivity (Wildman–Crippen MR) is 127 cm³/mol. The SMILES string of the molecule is O=C1C2Cc3c([nH]c4ccccc34)C(c3cccc(Cl)c3)N2C(=S)N1c1cccc(F)c1. The Labute approximate surface area is 194 Å². The Balaban J connectivity index is 1.56. The summed E-state index contributed by atoms with van der Waals surface area (Å²) in [6, 6.07) is 20.9. The van der Waals surface area contributed by atoms with Crippen molar-refractivity contribution < 1.29 is 9.18 Å². The van der Waals surface area contributed by atoms with Crippen LogP contribution in [-0.2, 0) is 11.2 Å². The third-order valence-corrected chi connectivity index (χ3v) is 6.91. The number of rotatable bonds is 2. The number of halogens is 2. The number of thiocarbonyl (C=S) groups is 1. The predicted octanol–water partition coefficient (Wildman–Crippen LogP) is 5.61. The number of nitrogens with zero attached hydrogens (tertiary/aromatic N) is 2. The van der Waals surface area contributed by atoms with Gasteiger partial charge in [-0.05, 0) is 59.7 Å². The number of hydrogen-bond acceptors (Lipinski definition) is 2. The Morgan fingerprint density at radius 3 is 2.66 bits per heavy atom. The molecule has 1 fully saturated rings. The lowest BCUT2D eigenvalue weighted by Gasteiger charge is -2.37. The van der Waals surface area contributed by atoms with E-state index in [-0.39, 0.29) is 11.9 Å². The van der Waals surface area contributed by atoms with Crippen molar-refractivity contribution in [1.82, 2.24) is 9.88 Å². The Bertz CT molecular complexity index is 1420. The summed E-state index contributed by atoms with van der Waals surface area (Å²) in [7, 11) is 0. The Hall–Kier alpha value is -3.22. The highest BCUT2D eigenvalue weighted by atomic mass is 35.5. The second-order valence-corrected chi connectivity index (χ2v) is 8.89. The topological polar surface area (TPSA) is 39.3 Å². The number of carbonyl (C=O) groups excluding carboxylic acids is 1. The van der Waals surface area contributed by atoms with Gasteiger partial charge in [0.2, 0.25) is 0 Å². The molecule has 158 valence electrons. The first kappa shape index (κ1) is 19.5. The van der Waals surface area contributed by atoms with Crippen LogP contribution in [0.2, 0.25) is 5.02 Å². The number of amides is 1. The highest BCUT2D eigenvalue weighted by molar-refractivity contribution is 7.80. The highest BCUT2D eigenvalue weighted by Crippen LogP contribution is 2.45. The zero-order chi connectivity index (χ0) is 22.0. The van der Waals surface area contributed by atoms with Gasteiger partial charge < -0.3 is 9.88 Å². The van der Waals surface area contributed by atoms with E-state index in [4.69, 9.17) is 23.8 Å². The van der Waals surface area contributed by atoms with Gasteiger partial charge in [-0.3, -0.25) is 9.69 Å². The van der Waals surface area contributed by atoms with Crippen molar-refractivity contribution >= 4 is 51.4 Å². The highest BCUT2D eigenvalue weighted by Gasteiger charge is 2.51. The summed E-state index contributed by atoms with van der Waals surface area (Å²) < 4.78 is 14.0. The van der Waals surface area contributed by atoms with Gasteiger partial charge in [0.25, 0.3) is 5.91 Å². The van der Waals surface area contributed by atoms with Crippen molar-refractivity contribution in [2.75, 3.05) is 4.90 Å². The van der Waals surface area contributed by atoms with Gasteiger partial charge in [-0.1, -0.05) is 48.0 Å². The second kappa shape index (κ2) is 7.15. The number of carbonyl (C=O) groups is 1. The lowest BCUT2D eigenvalue weighted by atomic mass is 9.89. The normalized spacial score (nSPS) is 20.1. The molecular formula is C25H17ClFN3OS. The van der Waals surface area contributed by atoms with Crippen LogP contribution in [0.3, 0.4) is 0 Å². The summed E-state index contributed by atoms with van der Waals surface area (Å²) in [5, 5.41) is 2.07. The molecular weight excluding hydrogens is 445 g/mol. The van der Waals surface area contributed by atoms with Gasteiger partial charge in [0, 0.05) is 28.0 Å². The summed E-state index contributed by atoms with van der Waals surface area (Å²) in [5.41, 5.74) is 4.50. The van der Waals surface area contributed by atoms with Crippen LogP contribution in [0.4, 0.5) is 10.1 Å². The number of anilines is 1. The van der Waals surface area contributed by atoms with Crippen LogP contribution in [0.5, 0.6) is 0 Å². The first-order valence-electron chi connectivity index (χ1n) is 10.3. The van der Waals surface area contributed by atoms with E-state index in [1.54, 1.807) is 12.1 Å². The maximum atomic E-state index is 14.0. The zero-order valence-corrected chi connectivity index (χ0v) is 18.3. The molecule has 0 aliphatic carbocycles. The van der Waals surface area contributed by atoms with Crippen LogP contribution in [0.15, 0.2) is 72.8 Å². The molecule has 2 aliphatic heterocycles. The molecule has 0 radical (unpaired) electrons. The molecule has 0 saturated carbocycles. The molecule has 0 spiro atoms. The monoisotopic (exact) mass is 461 g/mol. The third kappa shape index (κ3) is 2.80. The Kier molecular flexibility index (Phi) is 4.35. The average molecular weight is 462 g/mol. The van der Waals surface area contributed by atoms with Crippen LogP contribution >= 0.6 is 23.8 Å². The van der Waals surface area contributed by atoms with E-state index in [0.717, 1.165) is 27.7 Å². The van der Waals surface area contributed by atoms with Crippen molar-refractivity contribution in [3.8, 4) is 0 Å². The van der Waals surface area contributed by atoms with Gasteiger partial charge >= 0.3 is 0 Å². The van der Waals surface area contributed by atoms with E-state index < -0.39 is 11.9 Å². The minimum atomic E-state index is -0.485. The van der Waals surface area contributed by atoms with Crippen LogP contribution in [0.25, 0.3) is 10.9 Å². The molecule has 1 amide bonds. The summed E-state index contributed by atoms with van der Waals surface area (Å²) in [5.74, 6) is -0.561. The molecule has 6 rings (SSSR count). The minimum absolute atomic E-state index is 0.149. The number of hydrogen-bond donors (Lipinski definition) is 1. The first-order valence-corrected chi connectivity index (χ1v) is 11.1. The van der Waals surface area contributed by atoms with Crippen molar-refractivity contribution in [2.45, 2.75) is 18.5 Å². The molecule has 4 aromatic rings. The lowest BCUT2D eigenvalue weighted by molar-refractivity contribution is -0.120. The summed E-state index contributed by atoms with van der Waals surface area (Å²) in [4.78, 5) is 20.6. The van der Waals surface area contributed by atoms with Gasteiger partial charge in [-0.2, -0.15) is 0 Å². The van der Waals surface area contributed by atoms with Gasteiger partial charge in [0.1, 0.15) is 11.9 Å². The molecule has 1 aromatic heterocycles. The molecule has 1 N–H and O–H groups in total. The molecule has 3 aromatic carbocycles. The quantitative estimate of drug-likeness (QED) is 0.394. The smallest absolute Gasteiger partial charge is 0.256 e. The summed E-state index contributed by atoms with van der Waals surface area (Å²) in [6.45, 7) is 0. The van der Waals surface area contributed by atoms with E-state index >= 15 is 0 Å². The van der Waals surface area contributed by atoms with Crippen molar-refractivity contribution in [1.29, 1.82) is 0 Å². The average Bonchev–Trinajstić information content (AvgIpc) is 3.27. The van der Waals surface area contributed by atoms with E-state index in [1.165, 1.54) is 17.0 Å². The molecule has 1 saturated heterocycles. The number of benzene rings is 3. The Morgan fingerprint density at radius 1 is 1.03 bits per heavy atom. The van der Waals surface area contributed by atoms with E-state index in [1.807, 2.05) is 47.4 Å². The number of H-pyrrole nitrogens is 1. The molecule has 4 nitrogen and oxygen atoms in total. The van der Waals surface area contributed by atoms with E-state index in [2.05, 4.69) is 11.1 Å². The summed E-state index contributed by atoms with van der Waals surface area (Å²) >= 11 is 12.2. The largest absolute Gasteiger partial charge is 0.356 e. The van der Waals surface area contributed by atoms with Crippen LogP contribution < -0.4 is 4.90 Å². The lowest BCUT2D eigenvalue weighted by Crippen LogP contribution is -2.44. The van der Waals surface area contributed by atoms with Crippen LogP contribution in [0.1, 0.15) is 22.9 Å².